The zero-order chi connectivity index (χ0) is 17.6. The van der Waals surface area contributed by atoms with Gasteiger partial charge in [0.1, 0.15) is 12.4 Å². The van der Waals surface area contributed by atoms with Gasteiger partial charge in [0.25, 0.3) is 5.91 Å². The van der Waals surface area contributed by atoms with Gasteiger partial charge in [-0.1, -0.05) is 22.0 Å². The molecule has 4 nitrogen and oxygen atoms in total. The molecule has 0 unspecified atom stereocenters. The number of pyridine rings is 1. The van der Waals surface area contributed by atoms with Gasteiger partial charge in [-0.2, -0.15) is 0 Å². The second-order valence-corrected chi connectivity index (χ2v) is 6.45. The Morgan fingerprint density at radius 3 is 2.64 bits per heavy atom. The molecule has 0 aliphatic rings. The van der Waals surface area contributed by atoms with Gasteiger partial charge in [0.2, 0.25) is 0 Å². The molecule has 0 bridgehead atoms. The third kappa shape index (κ3) is 4.67. The number of ether oxygens (including phenoxy) is 1. The molecule has 3 rings (SSSR count). The number of rotatable bonds is 5. The summed E-state index contributed by atoms with van der Waals surface area (Å²) in [6, 6.07) is 16.6. The van der Waals surface area contributed by atoms with Crippen molar-refractivity contribution in [2.24, 2.45) is 0 Å². The Kier molecular flexibility index (Phi) is 5.46. The van der Waals surface area contributed by atoms with E-state index in [1.807, 2.05) is 37.3 Å². The van der Waals surface area contributed by atoms with E-state index in [0.717, 1.165) is 21.3 Å². The Bertz CT molecular complexity index is 865. The number of amides is 1. The molecule has 0 saturated heterocycles. The van der Waals surface area contributed by atoms with E-state index in [-0.39, 0.29) is 5.91 Å². The van der Waals surface area contributed by atoms with E-state index in [1.165, 1.54) is 0 Å². The van der Waals surface area contributed by atoms with Crippen LogP contribution in [0.3, 0.4) is 0 Å². The third-order valence-corrected chi connectivity index (χ3v) is 4.55. The maximum atomic E-state index is 12.3. The largest absolute Gasteiger partial charge is 0.489 e. The highest BCUT2D eigenvalue weighted by molar-refractivity contribution is 9.10. The average molecular weight is 397 g/mol. The molecule has 0 aliphatic carbocycles. The van der Waals surface area contributed by atoms with Crippen molar-refractivity contribution in [2.45, 2.75) is 13.5 Å². The zero-order valence-corrected chi connectivity index (χ0v) is 15.3. The second-order valence-electron chi connectivity index (χ2n) is 5.59. The topological polar surface area (TPSA) is 51.2 Å². The third-order valence-electron chi connectivity index (χ3n) is 3.66. The zero-order valence-electron chi connectivity index (χ0n) is 13.7. The monoisotopic (exact) mass is 396 g/mol. The minimum atomic E-state index is -0.152. The van der Waals surface area contributed by atoms with E-state index in [9.17, 15) is 4.79 Å². The number of hydrogen-bond donors (Lipinski definition) is 1. The first-order valence-corrected chi connectivity index (χ1v) is 8.60. The minimum absolute atomic E-state index is 0.152. The van der Waals surface area contributed by atoms with Gasteiger partial charge in [0.05, 0.1) is 0 Å². The van der Waals surface area contributed by atoms with Crippen molar-refractivity contribution < 1.29 is 9.53 Å². The molecule has 1 N–H and O–H groups in total. The lowest BCUT2D eigenvalue weighted by Gasteiger charge is -2.09. The van der Waals surface area contributed by atoms with Crippen molar-refractivity contribution in [3.63, 3.8) is 0 Å². The maximum Gasteiger partial charge on any atom is 0.255 e. The van der Waals surface area contributed by atoms with Crippen LogP contribution in [0.1, 0.15) is 21.5 Å². The Labute approximate surface area is 155 Å². The fourth-order valence-corrected chi connectivity index (χ4v) is 2.53. The van der Waals surface area contributed by atoms with Gasteiger partial charge < -0.3 is 10.1 Å². The number of nitrogens with zero attached hydrogens (tertiary/aromatic N) is 1. The molecule has 0 radical (unpaired) electrons. The summed E-state index contributed by atoms with van der Waals surface area (Å²) in [4.78, 5) is 16.4. The number of carbonyl (C=O) groups excluding carboxylic acids is 1. The molecule has 25 heavy (non-hydrogen) atoms. The normalized spacial score (nSPS) is 10.3. The van der Waals surface area contributed by atoms with Gasteiger partial charge in [0, 0.05) is 33.7 Å². The first-order valence-electron chi connectivity index (χ1n) is 7.81. The fourth-order valence-electron chi connectivity index (χ4n) is 2.28. The van der Waals surface area contributed by atoms with E-state index in [4.69, 9.17) is 4.74 Å². The van der Waals surface area contributed by atoms with Crippen LogP contribution in [-0.2, 0) is 6.61 Å². The Hall–Kier alpha value is -2.66. The maximum absolute atomic E-state index is 12.3. The van der Waals surface area contributed by atoms with Gasteiger partial charge in [-0.15, -0.1) is 0 Å². The quantitative estimate of drug-likeness (QED) is 0.661. The van der Waals surface area contributed by atoms with Crippen LogP contribution in [0.25, 0.3) is 0 Å². The van der Waals surface area contributed by atoms with Crippen molar-refractivity contribution >= 4 is 27.5 Å². The molecule has 0 fully saturated rings. The molecular formula is C20H17BrN2O2. The van der Waals surface area contributed by atoms with E-state index in [0.29, 0.717) is 17.9 Å². The Balaban J connectivity index is 1.61. The Morgan fingerprint density at radius 2 is 1.96 bits per heavy atom. The molecule has 1 aromatic heterocycles. The molecule has 3 aromatic rings. The highest BCUT2D eigenvalue weighted by Crippen LogP contribution is 2.21. The van der Waals surface area contributed by atoms with E-state index in [2.05, 4.69) is 26.2 Å². The number of anilines is 1. The highest BCUT2D eigenvalue weighted by Gasteiger charge is 2.07. The predicted molar refractivity (Wildman–Crippen MR) is 102 cm³/mol. The number of benzene rings is 2. The number of aromatic nitrogens is 1. The summed E-state index contributed by atoms with van der Waals surface area (Å²) in [7, 11) is 0. The summed E-state index contributed by atoms with van der Waals surface area (Å²) in [6.45, 7) is 2.42. The van der Waals surface area contributed by atoms with Crippen molar-refractivity contribution in [2.75, 3.05) is 5.32 Å². The van der Waals surface area contributed by atoms with Crippen LogP contribution in [0.4, 0.5) is 5.69 Å². The van der Waals surface area contributed by atoms with E-state index in [1.54, 1.807) is 36.7 Å². The van der Waals surface area contributed by atoms with Crippen LogP contribution in [0, 0.1) is 6.92 Å². The summed E-state index contributed by atoms with van der Waals surface area (Å²) >= 11 is 3.45. The molecule has 2 aromatic carbocycles. The minimum Gasteiger partial charge on any atom is -0.489 e. The van der Waals surface area contributed by atoms with Crippen molar-refractivity contribution in [3.05, 3.63) is 88.2 Å². The van der Waals surface area contributed by atoms with Gasteiger partial charge in [0.15, 0.2) is 0 Å². The average Bonchev–Trinajstić information content (AvgIpc) is 2.64. The molecule has 1 heterocycles. The molecule has 0 aliphatic heterocycles. The van der Waals surface area contributed by atoms with Crippen molar-refractivity contribution in [1.29, 1.82) is 0 Å². The second kappa shape index (κ2) is 7.94. The van der Waals surface area contributed by atoms with Crippen LogP contribution in [0.2, 0.25) is 0 Å². The smallest absolute Gasteiger partial charge is 0.255 e. The van der Waals surface area contributed by atoms with Gasteiger partial charge in [-0.25, -0.2) is 0 Å². The molecule has 0 saturated carbocycles. The first kappa shape index (κ1) is 17.2. The molecular weight excluding hydrogens is 380 g/mol. The standard InChI is InChI=1S/C20H17BrN2O2/c1-14-11-17(6-9-19(14)21)23-20(24)16-4-7-18(8-5-16)25-13-15-3-2-10-22-12-15/h2-12H,13H2,1H3,(H,23,24). The number of halogens is 1. The lowest BCUT2D eigenvalue weighted by Crippen LogP contribution is -2.11. The molecule has 0 atom stereocenters. The summed E-state index contributed by atoms with van der Waals surface area (Å²) < 4.78 is 6.71. The molecule has 0 spiro atoms. The summed E-state index contributed by atoms with van der Waals surface area (Å²) in [6.07, 6.45) is 3.49. The van der Waals surface area contributed by atoms with Crippen LogP contribution in [0.15, 0.2) is 71.5 Å². The van der Waals surface area contributed by atoms with Crippen molar-refractivity contribution in [1.82, 2.24) is 4.98 Å². The van der Waals surface area contributed by atoms with Crippen LogP contribution in [-0.4, -0.2) is 10.9 Å². The van der Waals surface area contributed by atoms with E-state index >= 15 is 0 Å². The fraction of sp³-hybridized carbons (Fsp3) is 0.100. The van der Waals surface area contributed by atoms with Crippen LogP contribution < -0.4 is 10.1 Å². The highest BCUT2D eigenvalue weighted by atomic mass is 79.9. The van der Waals surface area contributed by atoms with Gasteiger partial charge in [-0.3, -0.25) is 9.78 Å². The van der Waals surface area contributed by atoms with Gasteiger partial charge >= 0.3 is 0 Å². The number of aryl methyl sites for hydroxylation is 1. The predicted octanol–water partition coefficient (Wildman–Crippen LogP) is 4.98. The summed E-state index contributed by atoms with van der Waals surface area (Å²) in [5, 5.41) is 2.89. The lowest BCUT2D eigenvalue weighted by molar-refractivity contribution is 0.102. The SMILES string of the molecule is Cc1cc(NC(=O)c2ccc(OCc3cccnc3)cc2)ccc1Br. The summed E-state index contributed by atoms with van der Waals surface area (Å²) in [5.41, 5.74) is 3.41. The van der Waals surface area contributed by atoms with Crippen LogP contribution in [0.5, 0.6) is 5.75 Å². The Morgan fingerprint density at radius 1 is 1.16 bits per heavy atom. The lowest BCUT2D eigenvalue weighted by atomic mass is 10.2. The van der Waals surface area contributed by atoms with Crippen molar-refractivity contribution in [3.8, 4) is 5.75 Å². The van der Waals surface area contributed by atoms with Gasteiger partial charge in [-0.05, 0) is 61.0 Å². The number of hydrogen-bond acceptors (Lipinski definition) is 3. The molecule has 1 amide bonds. The number of carbonyl (C=O) groups is 1. The van der Waals surface area contributed by atoms with E-state index < -0.39 is 0 Å². The number of nitrogens with one attached hydrogen (secondary N) is 1. The summed E-state index contributed by atoms with van der Waals surface area (Å²) in [5.74, 6) is 0.556. The first-order chi connectivity index (χ1) is 12.1. The van der Waals surface area contributed by atoms with Crippen LogP contribution >= 0.6 is 15.9 Å². The molecule has 5 heteroatoms. The molecule has 126 valence electrons.